The molecule has 1 aliphatic rings. The maximum atomic E-state index is 13.9. The van der Waals surface area contributed by atoms with Crippen molar-refractivity contribution >= 4 is 22.9 Å². The molecule has 7 heteroatoms. The van der Waals surface area contributed by atoms with Gasteiger partial charge in [0.1, 0.15) is 5.82 Å². The summed E-state index contributed by atoms with van der Waals surface area (Å²) in [7, 11) is 4.02. The zero-order chi connectivity index (χ0) is 21.1. The largest absolute Gasteiger partial charge is 0.381 e. The van der Waals surface area contributed by atoms with Crippen LogP contribution in [0.3, 0.4) is 0 Å². The van der Waals surface area contributed by atoms with Gasteiger partial charge in [-0.2, -0.15) is 0 Å². The molecule has 0 fully saturated rings. The summed E-state index contributed by atoms with van der Waals surface area (Å²) in [4.78, 5) is 23.2. The molecule has 0 unspecified atom stereocenters. The molecule has 4 rings (SSSR count). The third kappa shape index (κ3) is 4.21. The lowest BCUT2D eigenvalue weighted by molar-refractivity contribution is -0.111. The Bertz CT molecular complexity index is 1130. The first-order valence-electron chi connectivity index (χ1n) is 9.59. The van der Waals surface area contributed by atoms with Crippen LogP contribution in [0, 0.1) is 5.82 Å². The topological polar surface area (TPSA) is 70.2 Å². The Morgan fingerprint density at radius 2 is 2.00 bits per heavy atom. The van der Waals surface area contributed by atoms with Crippen molar-refractivity contribution in [3.63, 3.8) is 0 Å². The van der Waals surface area contributed by atoms with Crippen molar-refractivity contribution in [1.82, 2.24) is 14.9 Å². The molecule has 3 heterocycles. The van der Waals surface area contributed by atoms with Crippen LogP contribution >= 0.6 is 0 Å². The van der Waals surface area contributed by atoms with E-state index in [0.717, 1.165) is 34.5 Å². The summed E-state index contributed by atoms with van der Waals surface area (Å²) < 4.78 is 13.9. The summed E-state index contributed by atoms with van der Waals surface area (Å²) in [5.41, 5.74) is 5.20. The van der Waals surface area contributed by atoms with Gasteiger partial charge in [-0.1, -0.05) is 12.1 Å². The molecule has 30 heavy (non-hydrogen) atoms. The summed E-state index contributed by atoms with van der Waals surface area (Å²) in [5.74, 6) is -0.896. The van der Waals surface area contributed by atoms with Crippen LogP contribution < -0.4 is 10.6 Å². The molecule has 0 radical (unpaired) electrons. The normalized spacial score (nSPS) is 12.7. The molecule has 2 aromatic heterocycles. The lowest BCUT2D eigenvalue weighted by Gasteiger charge is -2.20. The van der Waals surface area contributed by atoms with Gasteiger partial charge in [-0.05, 0) is 49.5 Å². The van der Waals surface area contributed by atoms with Crippen LogP contribution in [-0.4, -0.2) is 41.4 Å². The fraction of sp³-hybridized carbons (Fsp3) is 0.174. The lowest BCUT2D eigenvalue weighted by atomic mass is 9.95. The van der Waals surface area contributed by atoms with E-state index >= 15 is 0 Å². The highest BCUT2D eigenvalue weighted by atomic mass is 19.1. The Balaban J connectivity index is 1.65. The maximum Gasteiger partial charge on any atom is 0.256 e. The van der Waals surface area contributed by atoms with Gasteiger partial charge in [0.05, 0.1) is 11.9 Å². The Morgan fingerprint density at radius 3 is 2.80 bits per heavy atom. The van der Waals surface area contributed by atoms with Crippen molar-refractivity contribution in [3.05, 3.63) is 78.1 Å². The Kier molecular flexibility index (Phi) is 5.54. The van der Waals surface area contributed by atoms with E-state index in [1.165, 1.54) is 18.5 Å². The van der Waals surface area contributed by atoms with Crippen molar-refractivity contribution in [3.8, 4) is 11.1 Å². The number of amides is 1. The summed E-state index contributed by atoms with van der Waals surface area (Å²) in [6, 6.07) is 9.23. The smallest absolute Gasteiger partial charge is 0.256 e. The summed E-state index contributed by atoms with van der Waals surface area (Å²) in [6.45, 7) is 1.31. The zero-order valence-corrected chi connectivity index (χ0v) is 16.8. The molecule has 0 saturated carbocycles. The average molecular weight is 403 g/mol. The van der Waals surface area contributed by atoms with E-state index in [1.807, 2.05) is 44.7 Å². The average Bonchev–Trinajstić information content (AvgIpc) is 2.74. The minimum Gasteiger partial charge on any atom is -0.381 e. The Hall–Kier alpha value is -3.58. The van der Waals surface area contributed by atoms with Crippen LogP contribution in [0.4, 0.5) is 15.8 Å². The van der Waals surface area contributed by atoms with Crippen molar-refractivity contribution in [1.29, 1.82) is 0 Å². The number of carbonyl (C=O) groups is 1. The number of pyridine rings is 2. The quantitative estimate of drug-likeness (QED) is 0.678. The number of rotatable bonds is 5. The first kappa shape index (κ1) is 19.7. The van der Waals surface area contributed by atoms with E-state index in [1.54, 1.807) is 6.08 Å². The third-order valence-corrected chi connectivity index (χ3v) is 4.80. The van der Waals surface area contributed by atoms with Gasteiger partial charge in [0.2, 0.25) is 0 Å². The predicted octanol–water partition coefficient (Wildman–Crippen LogP) is 3.79. The van der Waals surface area contributed by atoms with Crippen LogP contribution in [-0.2, 0) is 11.3 Å². The molecule has 0 spiro atoms. The van der Waals surface area contributed by atoms with Gasteiger partial charge in [-0.25, -0.2) is 4.39 Å². The molecular formula is C23H22FN5O. The number of halogens is 1. The standard InChI is InChI=1S/C23H22FN5O/c1-29(2)14-15-9-17(12-26-11-15)16-3-4-21-19(10-16)18(5-8-27-21)23(30)28-22-13-25-7-6-20(22)24/h3-7,9-13,27H,8,14H2,1-2H3,(H,28,30). The Morgan fingerprint density at radius 1 is 1.13 bits per heavy atom. The van der Waals surface area contributed by atoms with E-state index in [4.69, 9.17) is 0 Å². The van der Waals surface area contributed by atoms with Gasteiger partial charge in [0, 0.05) is 54.1 Å². The van der Waals surface area contributed by atoms with E-state index in [2.05, 4.69) is 31.6 Å². The maximum absolute atomic E-state index is 13.9. The van der Waals surface area contributed by atoms with Gasteiger partial charge in [-0.3, -0.25) is 14.8 Å². The number of benzene rings is 1. The van der Waals surface area contributed by atoms with Gasteiger partial charge < -0.3 is 15.5 Å². The number of aromatic nitrogens is 2. The molecule has 1 aliphatic heterocycles. The lowest BCUT2D eigenvalue weighted by Crippen LogP contribution is -2.19. The van der Waals surface area contributed by atoms with Crippen molar-refractivity contribution < 1.29 is 9.18 Å². The van der Waals surface area contributed by atoms with Crippen molar-refractivity contribution in [2.24, 2.45) is 0 Å². The monoisotopic (exact) mass is 403 g/mol. The molecule has 0 atom stereocenters. The van der Waals surface area contributed by atoms with E-state index in [-0.39, 0.29) is 11.6 Å². The molecule has 6 nitrogen and oxygen atoms in total. The summed E-state index contributed by atoms with van der Waals surface area (Å²) in [5, 5.41) is 5.89. The molecule has 2 N–H and O–H groups in total. The predicted molar refractivity (Wildman–Crippen MR) is 116 cm³/mol. The SMILES string of the molecule is CN(C)Cc1cncc(-c2ccc3c(c2)C(C(=O)Nc2cnccc2F)=CCN3)c1. The first-order chi connectivity index (χ1) is 14.5. The molecule has 1 aromatic carbocycles. The minimum absolute atomic E-state index is 0.0558. The van der Waals surface area contributed by atoms with E-state index in [0.29, 0.717) is 12.1 Å². The molecule has 0 aliphatic carbocycles. The fourth-order valence-corrected chi connectivity index (χ4v) is 3.44. The van der Waals surface area contributed by atoms with Crippen LogP contribution in [0.25, 0.3) is 16.7 Å². The molecule has 152 valence electrons. The number of hydrogen-bond donors (Lipinski definition) is 2. The van der Waals surface area contributed by atoms with Crippen LogP contribution in [0.2, 0.25) is 0 Å². The summed E-state index contributed by atoms with van der Waals surface area (Å²) in [6.07, 6.45) is 8.11. The van der Waals surface area contributed by atoms with Gasteiger partial charge in [-0.15, -0.1) is 0 Å². The second kappa shape index (κ2) is 8.42. The van der Waals surface area contributed by atoms with E-state index in [9.17, 15) is 9.18 Å². The number of nitrogens with one attached hydrogen (secondary N) is 2. The van der Waals surface area contributed by atoms with Crippen molar-refractivity contribution in [2.45, 2.75) is 6.54 Å². The highest BCUT2D eigenvalue weighted by molar-refractivity contribution is 6.27. The highest BCUT2D eigenvalue weighted by Gasteiger charge is 2.20. The molecule has 0 bridgehead atoms. The molecule has 1 amide bonds. The number of fused-ring (bicyclic) bond motifs is 1. The molecule has 3 aromatic rings. The van der Waals surface area contributed by atoms with Gasteiger partial charge >= 0.3 is 0 Å². The third-order valence-electron chi connectivity index (χ3n) is 4.80. The zero-order valence-electron chi connectivity index (χ0n) is 16.8. The van der Waals surface area contributed by atoms with Crippen LogP contribution in [0.15, 0.2) is 61.2 Å². The molecule has 0 saturated heterocycles. The summed E-state index contributed by atoms with van der Waals surface area (Å²) >= 11 is 0. The number of hydrogen-bond acceptors (Lipinski definition) is 5. The highest BCUT2D eigenvalue weighted by Crippen LogP contribution is 2.33. The second-order valence-corrected chi connectivity index (χ2v) is 7.39. The van der Waals surface area contributed by atoms with Crippen molar-refractivity contribution in [2.75, 3.05) is 31.3 Å². The Labute approximate surface area is 174 Å². The molecular weight excluding hydrogens is 381 g/mol. The number of nitrogens with zero attached hydrogens (tertiary/aromatic N) is 3. The minimum atomic E-state index is -0.523. The van der Waals surface area contributed by atoms with Crippen LogP contribution in [0.5, 0.6) is 0 Å². The number of carbonyl (C=O) groups excluding carboxylic acids is 1. The second-order valence-electron chi connectivity index (χ2n) is 7.39. The van der Waals surface area contributed by atoms with Gasteiger partial charge in [0.25, 0.3) is 5.91 Å². The van der Waals surface area contributed by atoms with E-state index < -0.39 is 5.82 Å². The van der Waals surface area contributed by atoms with Crippen LogP contribution in [0.1, 0.15) is 11.1 Å². The number of anilines is 2. The fourth-order valence-electron chi connectivity index (χ4n) is 3.44. The first-order valence-corrected chi connectivity index (χ1v) is 9.59. The van der Waals surface area contributed by atoms with Gasteiger partial charge in [0.15, 0.2) is 0 Å².